The number of nitrogens with one attached hydrogen (secondary N) is 1. The maximum Gasteiger partial charge on any atom is 0.272 e. The summed E-state index contributed by atoms with van der Waals surface area (Å²) in [4.78, 5) is 27.1. The molecule has 1 aromatic heterocycles. The van der Waals surface area contributed by atoms with Gasteiger partial charge in [-0.25, -0.2) is 4.68 Å². The fourth-order valence-corrected chi connectivity index (χ4v) is 4.35. The third-order valence-corrected chi connectivity index (χ3v) is 5.79. The van der Waals surface area contributed by atoms with E-state index in [0.29, 0.717) is 25.1 Å². The van der Waals surface area contributed by atoms with Crippen molar-refractivity contribution in [3.63, 3.8) is 0 Å². The summed E-state index contributed by atoms with van der Waals surface area (Å²) in [5.41, 5.74) is 0.264. The van der Waals surface area contributed by atoms with Crippen LogP contribution in [0.5, 0.6) is 0 Å². The topological polar surface area (TPSA) is 87.6 Å². The fourth-order valence-electron chi connectivity index (χ4n) is 4.35. The Hall–Kier alpha value is -2.38. The number of ether oxygens (including phenoxy) is 1. The molecular weight excluding hydrogens is 334 g/mol. The highest BCUT2D eigenvalue weighted by Gasteiger charge is 2.52. The van der Waals surface area contributed by atoms with Crippen LogP contribution in [0.25, 0.3) is 5.69 Å². The number of nitrogens with zero attached hydrogens (tertiary/aromatic N) is 2. The van der Waals surface area contributed by atoms with Gasteiger partial charge < -0.3 is 14.7 Å². The van der Waals surface area contributed by atoms with Gasteiger partial charge in [0, 0.05) is 19.7 Å². The number of carbonyl (C=O) groups excluding carboxylic acids is 1. The highest BCUT2D eigenvalue weighted by atomic mass is 16.5. The van der Waals surface area contributed by atoms with E-state index in [0.717, 1.165) is 12.8 Å². The maximum absolute atomic E-state index is 13.1. The molecule has 0 bridgehead atoms. The molecule has 7 heteroatoms. The molecule has 26 heavy (non-hydrogen) atoms. The lowest BCUT2D eigenvalue weighted by atomic mass is 9.79. The maximum atomic E-state index is 13.1. The van der Waals surface area contributed by atoms with Gasteiger partial charge in [0.05, 0.1) is 23.4 Å². The molecule has 2 fully saturated rings. The molecule has 2 heterocycles. The quantitative estimate of drug-likeness (QED) is 0.867. The Labute approximate surface area is 151 Å². The number of aromatic amines is 1. The molecule has 2 aliphatic rings. The van der Waals surface area contributed by atoms with Gasteiger partial charge in [-0.3, -0.25) is 14.7 Å². The van der Waals surface area contributed by atoms with Crippen molar-refractivity contribution in [3.05, 3.63) is 52.4 Å². The zero-order valence-electron chi connectivity index (χ0n) is 14.7. The van der Waals surface area contributed by atoms with Crippen LogP contribution in [-0.4, -0.2) is 57.1 Å². The number of aliphatic hydroxyl groups excluding tert-OH is 1. The van der Waals surface area contributed by atoms with Gasteiger partial charge in [-0.2, -0.15) is 0 Å². The van der Waals surface area contributed by atoms with Crippen LogP contribution in [0.4, 0.5) is 0 Å². The van der Waals surface area contributed by atoms with E-state index in [2.05, 4.69) is 5.10 Å². The van der Waals surface area contributed by atoms with Crippen molar-refractivity contribution in [2.24, 2.45) is 0 Å². The Morgan fingerprint density at radius 1 is 1.31 bits per heavy atom. The second kappa shape index (κ2) is 6.41. The first-order chi connectivity index (χ1) is 12.5. The van der Waals surface area contributed by atoms with Crippen molar-refractivity contribution < 1.29 is 14.6 Å². The number of likely N-dealkylation sites (tertiary alicyclic amines) is 1. The number of H-pyrrole nitrogens is 1. The molecule has 1 saturated heterocycles. The molecule has 1 aliphatic heterocycles. The van der Waals surface area contributed by atoms with Crippen molar-refractivity contribution in [3.8, 4) is 5.69 Å². The number of methoxy groups -OCH3 is 1. The van der Waals surface area contributed by atoms with E-state index >= 15 is 0 Å². The minimum atomic E-state index is -0.426. The van der Waals surface area contributed by atoms with Gasteiger partial charge in [0.15, 0.2) is 0 Å². The molecule has 0 unspecified atom stereocenters. The second-order valence-corrected chi connectivity index (χ2v) is 7.14. The van der Waals surface area contributed by atoms with Crippen LogP contribution in [0.2, 0.25) is 0 Å². The molecular formula is C19H23N3O4. The van der Waals surface area contributed by atoms with Gasteiger partial charge in [0.2, 0.25) is 0 Å². The van der Waals surface area contributed by atoms with E-state index in [1.54, 1.807) is 24.1 Å². The molecule has 1 saturated carbocycles. The summed E-state index contributed by atoms with van der Waals surface area (Å²) in [6.07, 6.45) is 2.25. The van der Waals surface area contributed by atoms with Crippen LogP contribution >= 0.6 is 0 Å². The van der Waals surface area contributed by atoms with Crippen molar-refractivity contribution in [2.75, 3.05) is 13.7 Å². The Balaban J connectivity index is 1.63. The lowest BCUT2D eigenvalue weighted by Gasteiger charge is -2.42. The molecule has 3 atom stereocenters. The van der Waals surface area contributed by atoms with Crippen LogP contribution in [-0.2, 0) is 4.74 Å². The van der Waals surface area contributed by atoms with Gasteiger partial charge in [0.25, 0.3) is 11.5 Å². The normalized spacial score (nSPS) is 28.2. The van der Waals surface area contributed by atoms with Crippen LogP contribution in [0, 0.1) is 0 Å². The number of carbonyl (C=O) groups is 1. The van der Waals surface area contributed by atoms with E-state index in [1.165, 1.54) is 10.7 Å². The van der Waals surface area contributed by atoms with Crippen LogP contribution in [0.1, 0.15) is 36.2 Å². The van der Waals surface area contributed by atoms with Crippen molar-refractivity contribution in [1.29, 1.82) is 0 Å². The number of para-hydroxylation sites is 1. The van der Waals surface area contributed by atoms with Gasteiger partial charge >= 0.3 is 0 Å². The van der Waals surface area contributed by atoms with Crippen LogP contribution in [0.3, 0.4) is 0 Å². The molecule has 2 aromatic rings. The van der Waals surface area contributed by atoms with Gasteiger partial charge in [-0.05, 0) is 37.8 Å². The Morgan fingerprint density at radius 2 is 2.08 bits per heavy atom. The van der Waals surface area contributed by atoms with Crippen LogP contribution in [0.15, 0.2) is 41.2 Å². The SMILES string of the molecule is CO[C@@]12CC[C@H](O)C[C@@H]1N(C(=O)c1cc(=O)n(-c3ccccc3)[nH]1)CC2. The lowest BCUT2D eigenvalue weighted by Crippen LogP contribution is -2.52. The Morgan fingerprint density at radius 3 is 2.81 bits per heavy atom. The minimum Gasteiger partial charge on any atom is -0.393 e. The Kier molecular flexibility index (Phi) is 4.20. The largest absolute Gasteiger partial charge is 0.393 e. The van der Waals surface area contributed by atoms with Gasteiger partial charge in [-0.1, -0.05) is 18.2 Å². The van der Waals surface area contributed by atoms with Crippen LogP contribution < -0.4 is 5.56 Å². The highest BCUT2D eigenvalue weighted by Crippen LogP contribution is 2.42. The summed E-state index contributed by atoms with van der Waals surface area (Å²) < 4.78 is 7.15. The molecule has 2 N–H and O–H groups in total. The highest BCUT2D eigenvalue weighted by molar-refractivity contribution is 5.92. The Bertz CT molecular complexity index is 859. The average Bonchev–Trinajstić information content (AvgIpc) is 3.23. The molecule has 1 amide bonds. The zero-order valence-corrected chi connectivity index (χ0v) is 14.7. The number of aromatic nitrogens is 2. The molecule has 4 rings (SSSR count). The summed E-state index contributed by atoms with van der Waals surface area (Å²) >= 11 is 0. The van der Waals surface area contributed by atoms with E-state index in [-0.39, 0.29) is 23.2 Å². The van der Waals surface area contributed by atoms with E-state index in [4.69, 9.17) is 4.74 Å². The van der Waals surface area contributed by atoms with Crippen molar-refractivity contribution in [1.82, 2.24) is 14.7 Å². The number of aliphatic hydroxyl groups is 1. The molecule has 7 nitrogen and oxygen atoms in total. The molecule has 0 spiro atoms. The monoisotopic (exact) mass is 357 g/mol. The number of rotatable bonds is 3. The summed E-state index contributed by atoms with van der Waals surface area (Å²) in [5.74, 6) is -0.227. The number of fused-ring (bicyclic) bond motifs is 1. The number of hydrogen-bond donors (Lipinski definition) is 2. The molecule has 1 aliphatic carbocycles. The molecule has 0 radical (unpaired) electrons. The standard InChI is InChI=1S/C19H23N3O4/c1-26-19-8-7-14(23)11-16(19)21(10-9-19)18(25)15-12-17(24)22(20-15)13-5-3-2-4-6-13/h2-6,12,14,16,20,23H,7-11H2,1H3/t14-,16-,19+/m0/s1. The van der Waals surface area contributed by atoms with Crippen molar-refractivity contribution >= 4 is 5.91 Å². The van der Waals surface area contributed by atoms with Gasteiger partial charge in [0.1, 0.15) is 5.69 Å². The third-order valence-electron chi connectivity index (χ3n) is 5.79. The van der Waals surface area contributed by atoms with E-state index < -0.39 is 11.7 Å². The zero-order chi connectivity index (χ0) is 18.3. The predicted octanol–water partition coefficient (Wildman–Crippen LogP) is 1.31. The number of hydrogen-bond acceptors (Lipinski definition) is 4. The number of benzene rings is 1. The summed E-state index contributed by atoms with van der Waals surface area (Å²) in [7, 11) is 1.67. The third kappa shape index (κ3) is 2.68. The fraction of sp³-hybridized carbons (Fsp3) is 0.474. The summed E-state index contributed by atoms with van der Waals surface area (Å²) in [6, 6.07) is 10.3. The first-order valence-corrected chi connectivity index (χ1v) is 8.96. The first-order valence-electron chi connectivity index (χ1n) is 8.96. The predicted molar refractivity (Wildman–Crippen MR) is 95.4 cm³/mol. The smallest absolute Gasteiger partial charge is 0.272 e. The average molecular weight is 357 g/mol. The lowest BCUT2D eigenvalue weighted by molar-refractivity contribution is -0.0824. The second-order valence-electron chi connectivity index (χ2n) is 7.14. The van der Waals surface area contributed by atoms with E-state index in [1.807, 2.05) is 18.2 Å². The van der Waals surface area contributed by atoms with Crippen molar-refractivity contribution in [2.45, 2.75) is 43.4 Å². The number of amides is 1. The summed E-state index contributed by atoms with van der Waals surface area (Å²) in [6.45, 7) is 0.558. The summed E-state index contributed by atoms with van der Waals surface area (Å²) in [5, 5.41) is 13.0. The molecule has 138 valence electrons. The minimum absolute atomic E-state index is 0.174. The first kappa shape index (κ1) is 17.1. The van der Waals surface area contributed by atoms with E-state index in [9.17, 15) is 14.7 Å². The molecule has 1 aromatic carbocycles. The van der Waals surface area contributed by atoms with Gasteiger partial charge in [-0.15, -0.1) is 0 Å².